The van der Waals surface area contributed by atoms with E-state index in [1.807, 2.05) is 0 Å². The van der Waals surface area contributed by atoms with E-state index in [0.29, 0.717) is 31.9 Å². The van der Waals surface area contributed by atoms with Gasteiger partial charge in [0.25, 0.3) is 0 Å². The lowest BCUT2D eigenvalue weighted by Crippen LogP contribution is -2.74. The van der Waals surface area contributed by atoms with Gasteiger partial charge in [-0.25, -0.2) is 0 Å². The Balaban J connectivity index is 3.54. The van der Waals surface area contributed by atoms with Crippen LogP contribution in [0.3, 0.4) is 0 Å². The van der Waals surface area contributed by atoms with Crippen molar-refractivity contribution in [2.45, 2.75) is 86.3 Å². The quantitative estimate of drug-likeness (QED) is 0.203. The van der Waals surface area contributed by atoms with Crippen LogP contribution in [-0.4, -0.2) is 54.7 Å². The molecule has 0 fully saturated rings. The van der Waals surface area contributed by atoms with Gasteiger partial charge in [0.2, 0.25) is 0 Å². The molecule has 0 spiro atoms. The van der Waals surface area contributed by atoms with Crippen LogP contribution < -0.4 is 0 Å². The summed E-state index contributed by atoms with van der Waals surface area (Å²) in [6.45, 7) is 1.75. The molecule has 0 radical (unpaired) electrons. The smallest absolute Gasteiger partial charge is 0.377 e. The Bertz CT molecular complexity index is 967. The molecule has 0 saturated carbocycles. The van der Waals surface area contributed by atoms with Crippen molar-refractivity contribution in [3.8, 4) is 0 Å². The number of hydrogen-bond donors (Lipinski definition) is 0. The van der Waals surface area contributed by atoms with Gasteiger partial charge < -0.3 is 4.74 Å². The maximum atomic E-state index is 14.4. The van der Waals surface area contributed by atoms with Crippen molar-refractivity contribution in [3.63, 3.8) is 0 Å². The zero-order chi connectivity index (χ0) is 31.1. The molecule has 1 atom stereocenters. The maximum absolute atomic E-state index is 14.4. The van der Waals surface area contributed by atoms with E-state index in [2.05, 4.69) is 4.74 Å². The molecule has 18 heteroatoms. The highest BCUT2D eigenvalue weighted by Gasteiger charge is 2.95. The number of unbranched alkanes of at least 4 members (excludes halogenated alkanes) is 1. The summed E-state index contributed by atoms with van der Waals surface area (Å²) in [4.78, 5) is 0. The van der Waals surface area contributed by atoms with E-state index in [4.69, 9.17) is 0 Å². The SMILES string of the molecule is CCCCc1cccc(C(CC(F)(F)C(F)(F)C(F)(F)C(F)(F)C(F)(F)C(F)(F)C(F)(F)C(F)(F)F)OC)c1. The summed E-state index contributed by atoms with van der Waals surface area (Å²) in [5.41, 5.74) is -0.0332. The Kier molecular flexibility index (Phi) is 9.66. The monoisotopic (exact) mass is 610 g/mol. The van der Waals surface area contributed by atoms with E-state index in [9.17, 15) is 74.6 Å². The molecule has 1 rings (SSSR count). The molecule has 1 nitrogen and oxygen atoms in total. The fraction of sp³-hybridized carbons (Fsp3) is 0.714. The highest BCUT2D eigenvalue weighted by atomic mass is 19.4. The molecule has 1 aromatic rings. The number of benzene rings is 1. The molecule has 1 aromatic carbocycles. The van der Waals surface area contributed by atoms with Gasteiger partial charge in [-0.3, -0.25) is 0 Å². The van der Waals surface area contributed by atoms with E-state index in [1.54, 1.807) is 6.92 Å². The van der Waals surface area contributed by atoms with Gasteiger partial charge in [0.05, 0.1) is 6.10 Å². The third-order valence-electron chi connectivity index (χ3n) is 5.66. The number of methoxy groups -OCH3 is 1. The average Bonchev–Trinajstić information content (AvgIpc) is 2.79. The van der Waals surface area contributed by atoms with E-state index in [-0.39, 0.29) is 0 Å². The van der Waals surface area contributed by atoms with Gasteiger partial charge in [0, 0.05) is 13.5 Å². The number of alkyl halides is 17. The molecule has 0 bridgehead atoms. The topological polar surface area (TPSA) is 9.23 Å². The lowest BCUT2D eigenvalue weighted by Gasteiger charge is -2.43. The van der Waals surface area contributed by atoms with E-state index in [0.717, 1.165) is 12.1 Å². The van der Waals surface area contributed by atoms with Crippen molar-refractivity contribution >= 4 is 0 Å². The third kappa shape index (κ3) is 5.62. The molecule has 1 unspecified atom stereocenters. The zero-order valence-electron chi connectivity index (χ0n) is 19.5. The molecule has 39 heavy (non-hydrogen) atoms. The first-order valence-electron chi connectivity index (χ1n) is 10.5. The Labute approximate surface area is 209 Å². The van der Waals surface area contributed by atoms with E-state index < -0.39 is 65.7 Å². The lowest BCUT2D eigenvalue weighted by molar-refractivity contribution is -0.462. The Morgan fingerprint density at radius 3 is 1.49 bits per heavy atom. The van der Waals surface area contributed by atoms with Gasteiger partial charge in [-0.15, -0.1) is 0 Å². The molecule has 0 aliphatic heterocycles. The summed E-state index contributed by atoms with van der Waals surface area (Å²) in [5.74, 6) is -56.5. The number of ether oxygens (including phenoxy) is 1. The summed E-state index contributed by atoms with van der Waals surface area (Å²) in [7, 11) is 0.568. The number of halogens is 17. The first-order chi connectivity index (χ1) is 17.2. The van der Waals surface area contributed by atoms with Crippen LogP contribution >= 0.6 is 0 Å². The molecule has 0 saturated heterocycles. The molecule has 228 valence electrons. The van der Waals surface area contributed by atoms with E-state index >= 15 is 0 Å². The second kappa shape index (κ2) is 10.8. The summed E-state index contributed by atoms with van der Waals surface area (Å²) < 4.78 is 233. The van der Waals surface area contributed by atoms with Crippen molar-refractivity contribution in [1.29, 1.82) is 0 Å². The molecule has 0 aromatic heterocycles. The van der Waals surface area contributed by atoms with E-state index in [1.165, 1.54) is 12.1 Å². The number of hydrogen-bond acceptors (Lipinski definition) is 1. The van der Waals surface area contributed by atoms with Crippen LogP contribution in [0.25, 0.3) is 0 Å². The van der Waals surface area contributed by atoms with Crippen LogP contribution in [0.1, 0.15) is 43.4 Å². The van der Waals surface area contributed by atoms with Crippen molar-refractivity contribution in [3.05, 3.63) is 35.4 Å². The van der Waals surface area contributed by atoms with Crippen molar-refractivity contribution in [2.75, 3.05) is 7.11 Å². The van der Waals surface area contributed by atoms with Crippen LogP contribution in [0.2, 0.25) is 0 Å². The minimum atomic E-state index is -8.64. The second-order valence-electron chi connectivity index (χ2n) is 8.43. The highest BCUT2D eigenvalue weighted by molar-refractivity contribution is 5.26. The van der Waals surface area contributed by atoms with Crippen molar-refractivity contribution in [2.24, 2.45) is 0 Å². The normalized spacial score (nSPS) is 16.0. The largest absolute Gasteiger partial charge is 0.460 e. The van der Waals surface area contributed by atoms with Crippen LogP contribution in [0.4, 0.5) is 74.6 Å². The van der Waals surface area contributed by atoms with Gasteiger partial charge in [0.15, 0.2) is 0 Å². The summed E-state index contributed by atoms with van der Waals surface area (Å²) in [5, 5.41) is 0. The van der Waals surface area contributed by atoms with Gasteiger partial charge >= 0.3 is 47.6 Å². The molecule has 0 amide bonds. The van der Waals surface area contributed by atoms with Crippen LogP contribution in [0.15, 0.2) is 24.3 Å². The minimum Gasteiger partial charge on any atom is -0.377 e. The molecule has 0 aliphatic rings. The molecule has 0 heterocycles. The second-order valence-corrected chi connectivity index (χ2v) is 8.43. The maximum Gasteiger partial charge on any atom is 0.460 e. The fourth-order valence-corrected chi connectivity index (χ4v) is 3.22. The standard InChI is InChI=1S/C21H19F17O/c1-3-4-6-11-7-5-8-12(9-11)13(39-2)10-14(22,23)15(24,25)16(26,27)17(28,29)18(30,31)19(32,33)20(34,35)21(36,37)38/h5,7-9,13H,3-4,6,10H2,1-2H3. The first kappa shape index (κ1) is 35.0. The predicted octanol–water partition coefficient (Wildman–Crippen LogP) is 9.12. The zero-order valence-corrected chi connectivity index (χ0v) is 19.5. The van der Waals surface area contributed by atoms with Gasteiger partial charge in [0.1, 0.15) is 0 Å². The fourth-order valence-electron chi connectivity index (χ4n) is 3.22. The number of aryl methyl sites for hydroxylation is 1. The first-order valence-corrected chi connectivity index (χ1v) is 10.5. The van der Waals surface area contributed by atoms with Gasteiger partial charge in [-0.05, 0) is 24.0 Å². The Morgan fingerprint density at radius 1 is 0.641 bits per heavy atom. The highest BCUT2D eigenvalue weighted by Crippen LogP contribution is 2.64. The summed E-state index contributed by atoms with van der Waals surface area (Å²) >= 11 is 0. The third-order valence-corrected chi connectivity index (χ3v) is 5.66. The lowest BCUT2D eigenvalue weighted by atomic mass is 9.87. The molecular weight excluding hydrogens is 591 g/mol. The molecule has 0 aliphatic carbocycles. The van der Waals surface area contributed by atoms with Crippen molar-refractivity contribution < 1.29 is 79.4 Å². The minimum absolute atomic E-state index is 0.295. The van der Waals surface area contributed by atoms with Crippen LogP contribution in [0, 0.1) is 0 Å². The van der Waals surface area contributed by atoms with Crippen LogP contribution in [-0.2, 0) is 11.2 Å². The Hall–Kier alpha value is -2.01. The van der Waals surface area contributed by atoms with Gasteiger partial charge in [-0.2, -0.15) is 74.6 Å². The predicted molar refractivity (Wildman–Crippen MR) is 100 cm³/mol. The molecule has 0 N–H and O–H groups in total. The van der Waals surface area contributed by atoms with Crippen LogP contribution in [0.5, 0.6) is 0 Å². The molecular formula is C21H19F17O. The van der Waals surface area contributed by atoms with Gasteiger partial charge in [-0.1, -0.05) is 37.6 Å². The number of rotatable bonds is 13. The Morgan fingerprint density at radius 2 is 1.08 bits per heavy atom. The summed E-state index contributed by atoms with van der Waals surface area (Å²) in [6, 6.07) is 4.61. The summed E-state index contributed by atoms with van der Waals surface area (Å²) in [6.07, 6.45) is -11.3. The average molecular weight is 610 g/mol. The van der Waals surface area contributed by atoms with Crippen molar-refractivity contribution in [1.82, 2.24) is 0 Å².